The lowest BCUT2D eigenvalue weighted by Crippen LogP contribution is -2.38. The van der Waals surface area contributed by atoms with Crippen molar-refractivity contribution in [1.82, 2.24) is 15.0 Å². The lowest BCUT2D eigenvalue weighted by molar-refractivity contribution is -0.134. The van der Waals surface area contributed by atoms with Crippen molar-refractivity contribution in [3.8, 4) is 5.75 Å². The van der Waals surface area contributed by atoms with Crippen LogP contribution >= 0.6 is 22.9 Å². The summed E-state index contributed by atoms with van der Waals surface area (Å²) in [5, 5.41) is 7.52. The summed E-state index contributed by atoms with van der Waals surface area (Å²) in [4.78, 5) is 31.8. The predicted molar refractivity (Wildman–Crippen MR) is 107 cm³/mol. The van der Waals surface area contributed by atoms with Gasteiger partial charge in [0.2, 0.25) is 0 Å². The molecule has 0 spiro atoms. The summed E-state index contributed by atoms with van der Waals surface area (Å²) in [6.45, 7) is 2.66. The van der Waals surface area contributed by atoms with Crippen molar-refractivity contribution in [3.63, 3.8) is 0 Å². The highest BCUT2D eigenvalue weighted by molar-refractivity contribution is 7.15. The van der Waals surface area contributed by atoms with Gasteiger partial charge >= 0.3 is 0 Å². The van der Waals surface area contributed by atoms with Crippen molar-refractivity contribution in [2.45, 2.75) is 19.9 Å². The van der Waals surface area contributed by atoms with E-state index < -0.39 is 0 Å². The second kappa shape index (κ2) is 8.22. The van der Waals surface area contributed by atoms with E-state index in [9.17, 15) is 9.59 Å². The minimum atomic E-state index is -0.378. The van der Waals surface area contributed by atoms with Crippen LogP contribution in [0, 0.1) is 6.92 Å². The lowest BCUT2D eigenvalue weighted by Gasteiger charge is -2.26. The predicted octanol–water partition coefficient (Wildman–Crippen LogP) is 3.31. The molecule has 2 amide bonds. The summed E-state index contributed by atoms with van der Waals surface area (Å²) in [6, 6.07) is 8.42. The van der Waals surface area contributed by atoms with Gasteiger partial charge in [0.15, 0.2) is 17.4 Å². The van der Waals surface area contributed by atoms with Crippen molar-refractivity contribution < 1.29 is 18.8 Å². The Hall–Kier alpha value is -2.91. The molecule has 0 bridgehead atoms. The van der Waals surface area contributed by atoms with Gasteiger partial charge in [-0.15, -0.1) is 0 Å². The Bertz CT molecular complexity index is 1050. The number of aryl methyl sites for hydroxylation is 1. The first kappa shape index (κ1) is 19.4. The molecule has 0 atom stereocenters. The lowest BCUT2D eigenvalue weighted by atomic mass is 10.2. The number of nitrogens with one attached hydrogen (secondary N) is 1. The zero-order valence-corrected chi connectivity index (χ0v) is 17.0. The number of carbonyl (C=O) groups is 2. The molecule has 0 aliphatic carbocycles. The van der Waals surface area contributed by atoms with Crippen LogP contribution in [-0.2, 0) is 17.8 Å². The SMILES string of the molecule is Cc1cc(C(=O)Nc2nc3c(s2)CN(C(=O)COc2ccc(Cl)cc2)CC3)no1. The van der Waals surface area contributed by atoms with Gasteiger partial charge in [-0.1, -0.05) is 28.1 Å². The normalized spacial score (nSPS) is 13.1. The van der Waals surface area contributed by atoms with Gasteiger partial charge in [-0.3, -0.25) is 14.9 Å². The van der Waals surface area contributed by atoms with E-state index in [2.05, 4.69) is 15.5 Å². The van der Waals surface area contributed by atoms with E-state index in [-0.39, 0.29) is 24.1 Å². The molecule has 0 saturated heterocycles. The highest BCUT2D eigenvalue weighted by Gasteiger charge is 2.25. The number of nitrogens with zero attached hydrogens (tertiary/aromatic N) is 3. The van der Waals surface area contributed by atoms with Crippen LogP contribution in [0.1, 0.15) is 26.8 Å². The van der Waals surface area contributed by atoms with Crippen molar-refractivity contribution in [2.24, 2.45) is 0 Å². The van der Waals surface area contributed by atoms with Gasteiger partial charge in [-0.05, 0) is 31.2 Å². The van der Waals surface area contributed by atoms with E-state index >= 15 is 0 Å². The van der Waals surface area contributed by atoms with E-state index in [1.807, 2.05) is 0 Å². The van der Waals surface area contributed by atoms with Gasteiger partial charge in [0.05, 0.1) is 12.2 Å². The van der Waals surface area contributed by atoms with Crippen LogP contribution in [0.2, 0.25) is 5.02 Å². The molecule has 1 aliphatic rings. The van der Waals surface area contributed by atoms with Crippen molar-refractivity contribution in [2.75, 3.05) is 18.5 Å². The zero-order valence-electron chi connectivity index (χ0n) is 15.5. The van der Waals surface area contributed by atoms with Crippen LogP contribution in [0.25, 0.3) is 0 Å². The van der Waals surface area contributed by atoms with Crippen LogP contribution in [0.3, 0.4) is 0 Å². The summed E-state index contributed by atoms with van der Waals surface area (Å²) in [7, 11) is 0. The van der Waals surface area contributed by atoms with E-state index in [1.165, 1.54) is 11.3 Å². The first-order valence-electron chi connectivity index (χ1n) is 8.87. The number of halogens is 1. The molecule has 0 saturated carbocycles. The fraction of sp³-hybridized carbons (Fsp3) is 0.263. The Balaban J connectivity index is 1.35. The number of rotatable bonds is 5. The molecule has 3 heterocycles. The number of ether oxygens (including phenoxy) is 1. The van der Waals surface area contributed by atoms with Crippen molar-refractivity contribution >= 4 is 39.9 Å². The van der Waals surface area contributed by atoms with Gasteiger partial charge < -0.3 is 14.2 Å². The topological polar surface area (TPSA) is 97.6 Å². The molecule has 10 heteroatoms. The third-order valence-electron chi connectivity index (χ3n) is 4.34. The number of fused-ring (bicyclic) bond motifs is 1. The third kappa shape index (κ3) is 4.57. The van der Waals surface area contributed by atoms with Gasteiger partial charge in [0, 0.05) is 28.9 Å². The maximum atomic E-state index is 12.5. The van der Waals surface area contributed by atoms with Crippen LogP contribution in [0.5, 0.6) is 5.75 Å². The first-order chi connectivity index (χ1) is 14.0. The number of aromatic nitrogens is 2. The van der Waals surface area contributed by atoms with Gasteiger partial charge in [-0.2, -0.15) is 0 Å². The van der Waals surface area contributed by atoms with E-state index in [1.54, 1.807) is 42.2 Å². The molecule has 1 aromatic carbocycles. The van der Waals surface area contributed by atoms with Crippen LogP contribution in [0.4, 0.5) is 5.13 Å². The largest absolute Gasteiger partial charge is 0.484 e. The summed E-state index contributed by atoms with van der Waals surface area (Å²) in [5.74, 6) is 0.662. The fourth-order valence-corrected chi connectivity index (χ4v) is 4.01. The average molecular weight is 433 g/mol. The minimum absolute atomic E-state index is 0.0507. The van der Waals surface area contributed by atoms with Crippen LogP contribution in [-0.4, -0.2) is 40.0 Å². The first-order valence-corrected chi connectivity index (χ1v) is 10.1. The molecule has 1 N–H and O–H groups in total. The number of hydrogen-bond acceptors (Lipinski definition) is 7. The molecule has 3 aromatic rings. The summed E-state index contributed by atoms with van der Waals surface area (Å²) >= 11 is 7.20. The second-order valence-corrected chi connectivity index (χ2v) is 7.99. The summed E-state index contributed by atoms with van der Waals surface area (Å²) in [5.41, 5.74) is 1.09. The molecule has 8 nitrogen and oxygen atoms in total. The standard InChI is InChI=1S/C19H17ClN4O4S/c1-11-8-15(23-28-11)18(26)22-19-21-14-6-7-24(9-16(14)29-19)17(25)10-27-13-4-2-12(20)3-5-13/h2-5,8H,6-7,9-10H2,1H3,(H,21,22,26). The van der Waals surface area contributed by atoms with Gasteiger partial charge in [0.25, 0.3) is 11.8 Å². The van der Waals surface area contributed by atoms with E-state index in [4.69, 9.17) is 20.9 Å². The smallest absolute Gasteiger partial charge is 0.279 e. The van der Waals surface area contributed by atoms with Crippen molar-refractivity contribution in [1.29, 1.82) is 0 Å². The molecule has 0 radical (unpaired) electrons. The minimum Gasteiger partial charge on any atom is -0.484 e. The number of hydrogen-bond donors (Lipinski definition) is 1. The highest BCUT2D eigenvalue weighted by Crippen LogP contribution is 2.28. The number of benzene rings is 1. The van der Waals surface area contributed by atoms with E-state index in [0.717, 1.165) is 10.6 Å². The Morgan fingerprint density at radius 2 is 2.14 bits per heavy atom. The maximum absolute atomic E-state index is 12.5. The fourth-order valence-electron chi connectivity index (χ4n) is 2.86. The second-order valence-electron chi connectivity index (χ2n) is 6.47. The number of anilines is 1. The highest BCUT2D eigenvalue weighted by atomic mass is 35.5. The molecule has 0 fully saturated rings. The Morgan fingerprint density at radius 1 is 1.34 bits per heavy atom. The van der Waals surface area contributed by atoms with Crippen LogP contribution < -0.4 is 10.1 Å². The third-order valence-corrected chi connectivity index (χ3v) is 5.59. The number of thiazole rings is 1. The van der Waals surface area contributed by atoms with Gasteiger partial charge in [0.1, 0.15) is 11.5 Å². The quantitative estimate of drug-likeness (QED) is 0.664. The molecule has 4 rings (SSSR count). The van der Waals surface area contributed by atoms with Gasteiger partial charge in [-0.25, -0.2) is 4.98 Å². The number of amides is 2. The monoisotopic (exact) mass is 432 g/mol. The zero-order chi connectivity index (χ0) is 20.4. The van der Waals surface area contributed by atoms with Crippen LogP contribution in [0.15, 0.2) is 34.9 Å². The molecule has 1 aliphatic heterocycles. The maximum Gasteiger partial charge on any atom is 0.279 e. The Labute approximate surface area is 175 Å². The summed E-state index contributed by atoms with van der Waals surface area (Å²) < 4.78 is 10.5. The van der Waals surface area contributed by atoms with Crippen molar-refractivity contribution in [3.05, 3.63) is 57.4 Å². The molecule has 2 aromatic heterocycles. The molecule has 150 valence electrons. The molecular formula is C19H17ClN4O4S. The Morgan fingerprint density at radius 3 is 2.86 bits per heavy atom. The molecular weight excluding hydrogens is 416 g/mol. The molecule has 0 unspecified atom stereocenters. The Kier molecular flexibility index (Phi) is 5.50. The summed E-state index contributed by atoms with van der Waals surface area (Å²) in [6.07, 6.45) is 0.622. The average Bonchev–Trinajstić information content (AvgIpc) is 3.32. The molecule has 29 heavy (non-hydrogen) atoms. The van der Waals surface area contributed by atoms with E-state index in [0.29, 0.717) is 41.2 Å². The number of carbonyl (C=O) groups excluding carboxylic acids is 2.